The van der Waals surface area contributed by atoms with Crippen LogP contribution in [0.25, 0.3) is 0 Å². The van der Waals surface area contributed by atoms with E-state index in [0.717, 1.165) is 19.1 Å². The number of thioether (sulfide) groups is 1. The van der Waals surface area contributed by atoms with Crippen LogP contribution < -0.4 is 5.32 Å². The maximum absolute atomic E-state index is 3.36. The van der Waals surface area contributed by atoms with Crippen LogP contribution in [0.15, 0.2) is 29.2 Å². The summed E-state index contributed by atoms with van der Waals surface area (Å²) in [7, 11) is 2.28. The molecule has 2 heterocycles. The lowest BCUT2D eigenvalue weighted by Gasteiger charge is -2.42. The number of benzene rings is 1. The fourth-order valence-electron chi connectivity index (χ4n) is 2.56. The molecule has 1 fully saturated rings. The molecule has 3 heteroatoms. The molecule has 0 aromatic heterocycles. The van der Waals surface area contributed by atoms with Crippen LogP contribution in [0.4, 0.5) is 0 Å². The van der Waals surface area contributed by atoms with Crippen LogP contribution in [0.2, 0.25) is 0 Å². The van der Waals surface area contributed by atoms with Crippen LogP contribution in [0, 0.1) is 0 Å². The summed E-state index contributed by atoms with van der Waals surface area (Å²) in [5, 5.41) is 3.36. The zero-order chi connectivity index (χ0) is 11.0. The first kappa shape index (κ1) is 10.6. The molecule has 0 aliphatic carbocycles. The minimum atomic E-state index is 0.629. The first-order valence-corrected chi connectivity index (χ1v) is 6.99. The molecule has 0 radical (unpaired) electrons. The Morgan fingerprint density at radius 2 is 2.12 bits per heavy atom. The third-order valence-electron chi connectivity index (χ3n) is 3.75. The van der Waals surface area contributed by atoms with E-state index in [4.69, 9.17) is 0 Å². The second-order valence-electron chi connectivity index (χ2n) is 4.67. The van der Waals surface area contributed by atoms with Crippen molar-refractivity contribution in [2.24, 2.45) is 0 Å². The predicted molar refractivity (Wildman–Crippen MR) is 68.9 cm³/mol. The third kappa shape index (κ3) is 1.77. The van der Waals surface area contributed by atoms with Gasteiger partial charge in [-0.1, -0.05) is 18.2 Å². The highest BCUT2D eigenvalue weighted by molar-refractivity contribution is 7.99. The molecular weight excluding hydrogens is 216 g/mol. The second-order valence-corrected chi connectivity index (χ2v) is 5.81. The van der Waals surface area contributed by atoms with E-state index in [1.54, 1.807) is 0 Å². The number of hydrogen-bond donors (Lipinski definition) is 1. The molecule has 2 nitrogen and oxygen atoms in total. The fourth-order valence-corrected chi connectivity index (χ4v) is 3.67. The average molecular weight is 234 g/mol. The number of nitrogens with one attached hydrogen (secondary N) is 1. The van der Waals surface area contributed by atoms with Crippen LogP contribution in [0.1, 0.15) is 18.0 Å². The lowest BCUT2D eigenvalue weighted by molar-refractivity contribution is 0.122. The minimum absolute atomic E-state index is 0.629. The molecule has 2 aliphatic rings. The Morgan fingerprint density at radius 3 is 2.88 bits per heavy atom. The van der Waals surface area contributed by atoms with Gasteiger partial charge in [-0.2, -0.15) is 0 Å². The summed E-state index contributed by atoms with van der Waals surface area (Å²) in [6.45, 7) is 2.31. The van der Waals surface area contributed by atoms with E-state index in [9.17, 15) is 0 Å². The van der Waals surface area contributed by atoms with Crippen LogP contribution in [0.5, 0.6) is 0 Å². The van der Waals surface area contributed by atoms with Gasteiger partial charge in [-0.15, -0.1) is 11.8 Å². The van der Waals surface area contributed by atoms with Gasteiger partial charge in [0, 0.05) is 30.1 Å². The topological polar surface area (TPSA) is 15.3 Å². The standard InChI is InChI=1S/C13H18N2S/c1-15(10-8-14-9-10)12-6-7-16-13-5-3-2-4-11(12)13/h2-5,10,12,14H,6-9H2,1H3. The Balaban J connectivity index is 1.86. The third-order valence-corrected chi connectivity index (χ3v) is 4.88. The van der Waals surface area contributed by atoms with Gasteiger partial charge in [0.25, 0.3) is 0 Å². The lowest BCUT2D eigenvalue weighted by Crippen LogP contribution is -2.56. The monoisotopic (exact) mass is 234 g/mol. The van der Waals surface area contributed by atoms with E-state index in [2.05, 4.69) is 41.5 Å². The summed E-state index contributed by atoms with van der Waals surface area (Å²) in [6.07, 6.45) is 1.29. The fraction of sp³-hybridized carbons (Fsp3) is 0.538. The van der Waals surface area contributed by atoms with E-state index < -0.39 is 0 Å². The van der Waals surface area contributed by atoms with E-state index in [-0.39, 0.29) is 0 Å². The van der Waals surface area contributed by atoms with Gasteiger partial charge in [0.05, 0.1) is 0 Å². The van der Waals surface area contributed by atoms with Crippen molar-refractivity contribution in [2.75, 3.05) is 25.9 Å². The van der Waals surface area contributed by atoms with Crippen LogP contribution >= 0.6 is 11.8 Å². The number of fused-ring (bicyclic) bond motifs is 1. The number of likely N-dealkylation sites (N-methyl/N-ethyl adjacent to an activating group) is 1. The van der Waals surface area contributed by atoms with Crippen molar-refractivity contribution in [3.8, 4) is 0 Å². The molecule has 1 aromatic rings. The smallest absolute Gasteiger partial charge is 0.0368 e. The Bertz CT molecular complexity index is 376. The summed E-state index contributed by atoms with van der Waals surface area (Å²) in [5.74, 6) is 1.26. The van der Waals surface area contributed by atoms with E-state index in [0.29, 0.717) is 6.04 Å². The highest BCUT2D eigenvalue weighted by Gasteiger charge is 2.30. The predicted octanol–water partition coefficient (Wildman–Crippen LogP) is 2.13. The van der Waals surface area contributed by atoms with Gasteiger partial charge in [-0.3, -0.25) is 4.90 Å². The SMILES string of the molecule is CN(C1CNC1)C1CCSc2ccccc21. The highest BCUT2D eigenvalue weighted by atomic mass is 32.2. The maximum Gasteiger partial charge on any atom is 0.0368 e. The van der Waals surface area contributed by atoms with Gasteiger partial charge < -0.3 is 5.32 Å². The number of rotatable bonds is 2. The van der Waals surface area contributed by atoms with Crippen molar-refractivity contribution in [2.45, 2.75) is 23.4 Å². The maximum atomic E-state index is 3.36. The summed E-state index contributed by atoms with van der Waals surface area (Å²) >= 11 is 2.00. The molecule has 3 rings (SSSR count). The zero-order valence-corrected chi connectivity index (χ0v) is 10.5. The summed E-state index contributed by atoms with van der Waals surface area (Å²) < 4.78 is 0. The van der Waals surface area contributed by atoms with Crippen LogP contribution in [-0.2, 0) is 0 Å². The van der Waals surface area contributed by atoms with E-state index in [1.807, 2.05) is 11.8 Å². The highest BCUT2D eigenvalue weighted by Crippen LogP contribution is 2.39. The van der Waals surface area contributed by atoms with Crippen molar-refractivity contribution in [3.63, 3.8) is 0 Å². The first-order chi connectivity index (χ1) is 7.86. The van der Waals surface area contributed by atoms with Gasteiger partial charge in [0.15, 0.2) is 0 Å². The zero-order valence-electron chi connectivity index (χ0n) is 9.65. The second kappa shape index (κ2) is 4.40. The van der Waals surface area contributed by atoms with Gasteiger partial charge in [-0.25, -0.2) is 0 Å². The minimum Gasteiger partial charge on any atom is -0.314 e. The van der Waals surface area contributed by atoms with Gasteiger partial charge >= 0.3 is 0 Å². The Kier molecular flexibility index (Phi) is 2.92. The molecule has 2 aliphatic heterocycles. The molecular formula is C13H18N2S. The largest absolute Gasteiger partial charge is 0.314 e. The molecule has 1 unspecified atom stereocenters. The van der Waals surface area contributed by atoms with Crippen molar-refractivity contribution in [3.05, 3.63) is 29.8 Å². The molecule has 16 heavy (non-hydrogen) atoms. The molecule has 0 bridgehead atoms. The van der Waals surface area contributed by atoms with Crippen molar-refractivity contribution in [1.29, 1.82) is 0 Å². The Labute approximate surface area is 101 Å². The average Bonchev–Trinajstić information content (AvgIpc) is 2.26. The molecule has 1 aromatic carbocycles. The summed E-state index contributed by atoms with van der Waals surface area (Å²) in [6, 6.07) is 10.3. The van der Waals surface area contributed by atoms with Crippen molar-refractivity contribution >= 4 is 11.8 Å². The van der Waals surface area contributed by atoms with Gasteiger partial charge in [-0.05, 0) is 30.9 Å². The number of hydrogen-bond acceptors (Lipinski definition) is 3. The number of nitrogens with zero attached hydrogens (tertiary/aromatic N) is 1. The van der Waals surface area contributed by atoms with Gasteiger partial charge in [0.1, 0.15) is 0 Å². The van der Waals surface area contributed by atoms with E-state index in [1.165, 1.54) is 22.6 Å². The lowest BCUT2D eigenvalue weighted by atomic mass is 9.99. The summed E-state index contributed by atoms with van der Waals surface area (Å²) in [4.78, 5) is 4.05. The molecule has 1 saturated heterocycles. The van der Waals surface area contributed by atoms with E-state index >= 15 is 0 Å². The molecule has 0 amide bonds. The quantitative estimate of drug-likeness (QED) is 0.844. The normalized spacial score (nSPS) is 25.2. The Hall–Kier alpha value is -0.510. The molecule has 1 N–H and O–H groups in total. The van der Waals surface area contributed by atoms with Crippen LogP contribution in [0.3, 0.4) is 0 Å². The van der Waals surface area contributed by atoms with Crippen LogP contribution in [-0.4, -0.2) is 36.8 Å². The summed E-state index contributed by atoms with van der Waals surface area (Å²) in [5.41, 5.74) is 1.54. The van der Waals surface area contributed by atoms with Crippen molar-refractivity contribution < 1.29 is 0 Å². The van der Waals surface area contributed by atoms with Gasteiger partial charge in [0.2, 0.25) is 0 Å². The molecule has 0 saturated carbocycles. The molecule has 1 atom stereocenters. The Morgan fingerprint density at radius 1 is 1.31 bits per heavy atom. The molecule has 86 valence electrons. The molecule has 0 spiro atoms. The first-order valence-electron chi connectivity index (χ1n) is 6.00. The van der Waals surface area contributed by atoms with Crippen molar-refractivity contribution in [1.82, 2.24) is 10.2 Å².